The van der Waals surface area contributed by atoms with Gasteiger partial charge in [-0.3, -0.25) is 4.79 Å². The minimum absolute atomic E-state index is 0. The lowest BCUT2D eigenvalue weighted by Crippen LogP contribution is -2.40. The normalized spacial score (nSPS) is 20.1. The predicted molar refractivity (Wildman–Crippen MR) is 91.0 cm³/mol. The molecule has 124 valence electrons. The highest BCUT2D eigenvalue weighted by atomic mass is 35.5. The lowest BCUT2D eigenvalue weighted by Gasteiger charge is -2.18. The first-order chi connectivity index (χ1) is 10.7. The van der Waals surface area contributed by atoms with E-state index in [1.54, 1.807) is 10.9 Å². The first-order valence-electron chi connectivity index (χ1n) is 7.67. The summed E-state index contributed by atoms with van der Waals surface area (Å²) in [4.78, 5) is 12.3. The number of benzene rings is 1. The SMILES string of the molecule is Cc1cccc(-n2cc(C(=O)NC3CCCC3CN)nn2)c1.Cl. The van der Waals surface area contributed by atoms with Gasteiger partial charge in [0.15, 0.2) is 5.69 Å². The number of nitrogens with zero attached hydrogens (tertiary/aromatic N) is 3. The van der Waals surface area contributed by atoms with Gasteiger partial charge in [-0.25, -0.2) is 4.68 Å². The lowest BCUT2D eigenvalue weighted by atomic mass is 10.0. The van der Waals surface area contributed by atoms with Crippen LogP contribution in [0.4, 0.5) is 0 Å². The Morgan fingerprint density at radius 3 is 3.00 bits per heavy atom. The van der Waals surface area contributed by atoms with E-state index >= 15 is 0 Å². The summed E-state index contributed by atoms with van der Waals surface area (Å²) in [6.45, 7) is 2.63. The monoisotopic (exact) mass is 335 g/mol. The second kappa shape index (κ2) is 7.57. The quantitative estimate of drug-likeness (QED) is 0.893. The number of aryl methyl sites for hydroxylation is 1. The molecular weight excluding hydrogens is 314 g/mol. The standard InChI is InChI=1S/C16H21N5O.ClH/c1-11-4-2-6-13(8-11)21-10-15(19-20-21)16(22)18-14-7-3-5-12(14)9-17;/h2,4,6,8,10,12,14H,3,5,7,9,17H2,1H3,(H,18,22);1H. The summed E-state index contributed by atoms with van der Waals surface area (Å²) in [5, 5.41) is 11.1. The number of nitrogens with two attached hydrogens (primary N) is 1. The number of hydrogen-bond acceptors (Lipinski definition) is 4. The fourth-order valence-electron chi connectivity index (χ4n) is 3.02. The minimum atomic E-state index is -0.177. The van der Waals surface area contributed by atoms with E-state index in [1.807, 2.05) is 31.2 Å². The van der Waals surface area contributed by atoms with Gasteiger partial charge in [-0.15, -0.1) is 17.5 Å². The van der Waals surface area contributed by atoms with Gasteiger partial charge in [0.25, 0.3) is 5.91 Å². The van der Waals surface area contributed by atoms with Crippen molar-refractivity contribution in [3.05, 3.63) is 41.7 Å². The van der Waals surface area contributed by atoms with E-state index in [2.05, 4.69) is 15.6 Å². The van der Waals surface area contributed by atoms with E-state index in [1.165, 1.54) is 0 Å². The molecule has 0 spiro atoms. The summed E-state index contributed by atoms with van der Waals surface area (Å²) in [5.41, 5.74) is 8.12. The summed E-state index contributed by atoms with van der Waals surface area (Å²) < 4.78 is 1.62. The molecule has 7 heteroatoms. The van der Waals surface area contributed by atoms with Gasteiger partial charge in [0, 0.05) is 6.04 Å². The molecule has 1 aliphatic carbocycles. The maximum absolute atomic E-state index is 12.3. The van der Waals surface area contributed by atoms with Crippen molar-refractivity contribution in [2.75, 3.05) is 6.54 Å². The zero-order chi connectivity index (χ0) is 15.5. The number of halogens is 1. The summed E-state index contributed by atoms with van der Waals surface area (Å²) in [7, 11) is 0. The molecule has 0 saturated heterocycles. The van der Waals surface area contributed by atoms with Gasteiger partial charge < -0.3 is 11.1 Å². The van der Waals surface area contributed by atoms with Gasteiger partial charge in [-0.2, -0.15) is 0 Å². The van der Waals surface area contributed by atoms with Gasteiger partial charge in [0.1, 0.15) is 0 Å². The van der Waals surface area contributed by atoms with Crippen molar-refractivity contribution in [2.45, 2.75) is 32.2 Å². The van der Waals surface area contributed by atoms with E-state index in [-0.39, 0.29) is 24.4 Å². The van der Waals surface area contributed by atoms with Crippen LogP contribution in [0.3, 0.4) is 0 Å². The Bertz CT molecular complexity index is 672. The van der Waals surface area contributed by atoms with Crippen LogP contribution in [-0.4, -0.2) is 33.5 Å². The number of carbonyl (C=O) groups is 1. The highest BCUT2D eigenvalue weighted by Gasteiger charge is 2.28. The van der Waals surface area contributed by atoms with Crippen LogP contribution in [0.2, 0.25) is 0 Å². The molecule has 1 heterocycles. The molecule has 1 aromatic heterocycles. The number of nitrogens with one attached hydrogen (secondary N) is 1. The molecule has 3 rings (SSSR count). The molecule has 2 atom stereocenters. The lowest BCUT2D eigenvalue weighted by molar-refractivity contribution is 0.0923. The van der Waals surface area contributed by atoms with Crippen LogP contribution >= 0.6 is 12.4 Å². The molecule has 2 aromatic rings. The van der Waals surface area contributed by atoms with Crippen LogP contribution in [-0.2, 0) is 0 Å². The first-order valence-corrected chi connectivity index (χ1v) is 7.67. The van der Waals surface area contributed by atoms with E-state index in [9.17, 15) is 4.79 Å². The molecular formula is C16H22ClN5O. The number of hydrogen-bond donors (Lipinski definition) is 2. The fourth-order valence-corrected chi connectivity index (χ4v) is 3.02. The number of amides is 1. The molecule has 1 fully saturated rings. The molecule has 0 aliphatic heterocycles. The second-order valence-electron chi connectivity index (χ2n) is 5.89. The summed E-state index contributed by atoms with van der Waals surface area (Å²) in [6, 6.07) is 8.06. The molecule has 6 nitrogen and oxygen atoms in total. The van der Waals surface area contributed by atoms with Gasteiger partial charge in [-0.05, 0) is 49.9 Å². The third kappa shape index (κ3) is 3.89. The molecule has 1 amide bonds. The van der Waals surface area contributed by atoms with Crippen LogP contribution < -0.4 is 11.1 Å². The molecule has 2 unspecified atom stereocenters. The zero-order valence-corrected chi connectivity index (χ0v) is 13.9. The molecule has 0 bridgehead atoms. The summed E-state index contributed by atoms with van der Waals surface area (Å²) in [5.74, 6) is 0.194. The Kier molecular flexibility index (Phi) is 5.74. The van der Waals surface area contributed by atoms with Crippen molar-refractivity contribution in [3.63, 3.8) is 0 Å². The Hall–Kier alpha value is -1.92. The third-order valence-corrected chi connectivity index (χ3v) is 4.27. The topological polar surface area (TPSA) is 85.8 Å². The van der Waals surface area contributed by atoms with E-state index in [0.717, 1.165) is 30.5 Å². The van der Waals surface area contributed by atoms with Gasteiger partial charge >= 0.3 is 0 Å². The van der Waals surface area contributed by atoms with Crippen molar-refractivity contribution < 1.29 is 4.79 Å². The fraction of sp³-hybridized carbons (Fsp3) is 0.438. The second-order valence-corrected chi connectivity index (χ2v) is 5.89. The van der Waals surface area contributed by atoms with Crippen LogP contribution in [0.25, 0.3) is 5.69 Å². The summed E-state index contributed by atoms with van der Waals surface area (Å²) in [6.07, 6.45) is 4.84. The van der Waals surface area contributed by atoms with Crippen molar-refractivity contribution in [2.24, 2.45) is 11.7 Å². The van der Waals surface area contributed by atoms with Crippen molar-refractivity contribution in [1.29, 1.82) is 0 Å². The molecule has 3 N–H and O–H groups in total. The highest BCUT2D eigenvalue weighted by molar-refractivity contribution is 5.92. The molecule has 1 aliphatic rings. The Balaban J connectivity index is 0.00000192. The molecule has 1 saturated carbocycles. The van der Waals surface area contributed by atoms with E-state index in [4.69, 9.17) is 5.73 Å². The Labute approximate surface area is 141 Å². The van der Waals surface area contributed by atoms with Crippen molar-refractivity contribution in [1.82, 2.24) is 20.3 Å². The van der Waals surface area contributed by atoms with Crippen LogP contribution in [0.15, 0.2) is 30.5 Å². The van der Waals surface area contributed by atoms with Gasteiger partial charge in [0.2, 0.25) is 0 Å². The van der Waals surface area contributed by atoms with Crippen LogP contribution in [0.1, 0.15) is 35.3 Å². The summed E-state index contributed by atoms with van der Waals surface area (Å²) >= 11 is 0. The molecule has 23 heavy (non-hydrogen) atoms. The van der Waals surface area contributed by atoms with Crippen LogP contribution in [0, 0.1) is 12.8 Å². The van der Waals surface area contributed by atoms with Gasteiger partial charge in [-0.1, -0.05) is 23.8 Å². The van der Waals surface area contributed by atoms with Crippen molar-refractivity contribution >= 4 is 18.3 Å². The highest BCUT2D eigenvalue weighted by Crippen LogP contribution is 2.24. The average molecular weight is 336 g/mol. The first kappa shape index (κ1) is 17.4. The largest absolute Gasteiger partial charge is 0.348 e. The Morgan fingerprint density at radius 1 is 1.43 bits per heavy atom. The number of aromatic nitrogens is 3. The number of carbonyl (C=O) groups excluding carboxylic acids is 1. The van der Waals surface area contributed by atoms with Gasteiger partial charge in [0.05, 0.1) is 11.9 Å². The predicted octanol–water partition coefficient (Wildman–Crippen LogP) is 1.85. The zero-order valence-electron chi connectivity index (χ0n) is 13.1. The maximum Gasteiger partial charge on any atom is 0.273 e. The molecule has 0 radical (unpaired) electrons. The maximum atomic E-state index is 12.3. The van der Waals surface area contributed by atoms with Crippen molar-refractivity contribution in [3.8, 4) is 5.69 Å². The van der Waals surface area contributed by atoms with E-state index < -0.39 is 0 Å². The number of rotatable bonds is 4. The molecule has 1 aromatic carbocycles. The third-order valence-electron chi connectivity index (χ3n) is 4.27. The van der Waals surface area contributed by atoms with E-state index in [0.29, 0.717) is 18.2 Å². The average Bonchev–Trinajstić information content (AvgIpc) is 3.16. The smallest absolute Gasteiger partial charge is 0.273 e. The van der Waals surface area contributed by atoms with Crippen LogP contribution in [0.5, 0.6) is 0 Å². The Morgan fingerprint density at radius 2 is 2.26 bits per heavy atom. The minimum Gasteiger partial charge on any atom is -0.348 e.